The first-order valence-electron chi connectivity index (χ1n) is 15.3. The molecule has 5 aliphatic rings. The third-order valence-corrected chi connectivity index (χ3v) is 14.1. The second kappa shape index (κ2) is 8.67. The van der Waals surface area contributed by atoms with E-state index in [1.165, 1.54) is 38.2 Å². The molecule has 5 aliphatic carbocycles. The number of Topliss-reactive ketones (excluding diaryl/α,β-unsaturated/α-hetero) is 1. The second-order valence-electron chi connectivity index (χ2n) is 15.6. The van der Waals surface area contributed by atoms with Gasteiger partial charge in [-0.2, -0.15) is 0 Å². The van der Waals surface area contributed by atoms with Crippen molar-refractivity contribution in [3.05, 3.63) is 12.2 Å². The quantitative estimate of drug-likeness (QED) is 0.412. The first-order valence-corrected chi connectivity index (χ1v) is 15.3. The molecule has 0 aromatic heterocycles. The zero-order valence-corrected chi connectivity index (χ0v) is 24.7. The van der Waals surface area contributed by atoms with E-state index in [1.54, 1.807) is 0 Å². The molecule has 5 saturated carbocycles. The van der Waals surface area contributed by atoms with Gasteiger partial charge >= 0.3 is 0 Å². The van der Waals surface area contributed by atoms with Crippen molar-refractivity contribution in [2.24, 2.45) is 56.7 Å². The fraction of sp³-hybridized carbons (Fsp3) is 0.879. The molecular weight excluding hydrogens is 458 g/mol. The lowest BCUT2D eigenvalue weighted by Gasteiger charge is -2.72. The molecule has 1 amide bonds. The minimum Gasteiger partial charge on any atom is -0.393 e. The zero-order valence-electron chi connectivity index (χ0n) is 24.7. The summed E-state index contributed by atoms with van der Waals surface area (Å²) in [6.45, 7) is 20.7. The molecule has 208 valence electrons. The first-order chi connectivity index (χ1) is 17.1. The van der Waals surface area contributed by atoms with Crippen LogP contribution in [0.3, 0.4) is 0 Å². The van der Waals surface area contributed by atoms with E-state index in [9.17, 15) is 14.7 Å². The molecule has 0 bridgehead atoms. The predicted octanol–water partition coefficient (Wildman–Crippen LogP) is 6.71. The highest BCUT2D eigenvalue weighted by molar-refractivity contribution is 5.90. The molecule has 2 N–H and O–H groups in total. The molecule has 0 radical (unpaired) electrons. The van der Waals surface area contributed by atoms with Crippen LogP contribution < -0.4 is 5.32 Å². The van der Waals surface area contributed by atoms with Gasteiger partial charge in [-0.05, 0) is 122 Å². The van der Waals surface area contributed by atoms with Gasteiger partial charge in [-0.3, -0.25) is 9.59 Å². The van der Waals surface area contributed by atoms with Gasteiger partial charge in [0.05, 0.1) is 12.6 Å². The third-order valence-electron chi connectivity index (χ3n) is 14.1. The second-order valence-corrected chi connectivity index (χ2v) is 15.6. The van der Waals surface area contributed by atoms with E-state index in [0.717, 1.165) is 38.5 Å². The van der Waals surface area contributed by atoms with E-state index in [0.29, 0.717) is 29.6 Å². The molecule has 0 spiro atoms. The lowest BCUT2D eigenvalue weighted by Crippen LogP contribution is -2.67. The smallest absolute Gasteiger partial charge is 0.217 e. The van der Waals surface area contributed by atoms with Crippen LogP contribution in [0.25, 0.3) is 0 Å². The Morgan fingerprint density at radius 3 is 2.19 bits per heavy atom. The number of rotatable bonds is 4. The maximum absolute atomic E-state index is 13.9. The Morgan fingerprint density at radius 2 is 1.54 bits per heavy atom. The van der Waals surface area contributed by atoms with Gasteiger partial charge in [0.25, 0.3) is 0 Å². The van der Waals surface area contributed by atoms with E-state index >= 15 is 0 Å². The summed E-state index contributed by atoms with van der Waals surface area (Å²) in [6.07, 6.45) is 10.8. The van der Waals surface area contributed by atoms with Crippen LogP contribution in [0.5, 0.6) is 0 Å². The lowest BCUT2D eigenvalue weighted by molar-refractivity contribution is -0.246. The van der Waals surface area contributed by atoms with Gasteiger partial charge in [-0.1, -0.05) is 46.8 Å². The van der Waals surface area contributed by atoms with Crippen LogP contribution in [0, 0.1) is 56.7 Å². The number of nitrogens with one attached hydrogen (secondary N) is 1. The third kappa shape index (κ3) is 3.55. The van der Waals surface area contributed by atoms with Crippen molar-refractivity contribution in [3.8, 4) is 0 Å². The van der Waals surface area contributed by atoms with Gasteiger partial charge in [0.1, 0.15) is 0 Å². The van der Waals surface area contributed by atoms with Crippen LogP contribution in [0.4, 0.5) is 0 Å². The van der Waals surface area contributed by atoms with Crippen molar-refractivity contribution in [1.82, 2.24) is 5.32 Å². The summed E-state index contributed by atoms with van der Waals surface area (Å²) in [6, 6.07) is 0. The Hall–Kier alpha value is -1.16. The van der Waals surface area contributed by atoms with Gasteiger partial charge in [0.15, 0.2) is 5.78 Å². The molecule has 5 fully saturated rings. The van der Waals surface area contributed by atoms with E-state index < -0.39 is 0 Å². The summed E-state index contributed by atoms with van der Waals surface area (Å²) in [5, 5.41) is 13.8. The van der Waals surface area contributed by atoms with E-state index in [2.05, 4.69) is 53.4 Å². The number of hydrogen-bond acceptors (Lipinski definition) is 3. The number of aliphatic hydroxyl groups is 1. The number of hydrogen-bond donors (Lipinski definition) is 2. The van der Waals surface area contributed by atoms with Crippen LogP contribution in [-0.4, -0.2) is 29.4 Å². The van der Waals surface area contributed by atoms with Crippen molar-refractivity contribution < 1.29 is 14.7 Å². The van der Waals surface area contributed by atoms with E-state index in [1.807, 2.05) is 0 Å². The maximum Gasteiger partial charge on any atom is 0.217 e. The number of carbonyl (C=O) groups is 2. The van der Waals surface area contributed by atoms with Crippen LogP contribution in [-0.2, 0) is 9.59 Å². The molecule has 0 aliphatic heterocycles. The molecule has 0 aromatic carbocycles. The average molecular weight is 512 g/mol. The number of fused-ring (bicyclic) bond motifs is 7. The summed E-state index contributed by atoms with van der Waals surface area (Å²) in [4.78, 5) is 25.6. The van der Waals surface area contributed by atoms with E-state index in [4.69, 9.17) is 0 Å². The SMILES string of the molecule is C=C(C)[C@@H]1CC[C@]2(C(=O)CNC(C)=O)CC[C@]3(C)[C@H](CC[C@@H]4[C@@]5(C)CC[C@H](O)C(C)(C)[C@@H]5CC[C@]43C)[C@@H]12. The number of carbonyl (C=O) groups excluding carboxylic acids is 2. The van der Waals surface area contributed by atoms with Crippen LogP contribution in [0.2, 0.25) is 0 Å². The molecule has 4 heteroatoms. The number of ketones is 1. The predicted molar refractivity (Wildman–Crippen MR) is 149 cm³/mol. The van der Waals surface area contributed by atoms with Gasteiger partial charge in [-0.15, -0.1) is 0 Å². The molecule has 0 heterocycles. The summed E-state index contributed by atoms with van der Waals surface area (Å²) in [7, 11) is 0. The highest BCUT2D eigenvalue weighted by Gasteiger charge is 2.71. The van der Waals surface area contributed by atoms with Gasteiger partial charge in [0.2, 0.25) is 5.91 Å². The summed E-state index contributed by atoms with van der Waals surface area (Å²) < 4.78 is 0. The Bertz CT molecular complexity index is 986. The largest absolute Gasteiger partial charge is 0.393 e. The normalized spacial score (nSPS) is 50.2. The van der Waals surface area contributed by atoms with Crippen molar-refractivity contribution in [2.45, 2.75) is 119 Å². The van der Waals surface area contributed by atoms with Crippen LogP contribution in [0.15, 0.2) is 12.2 Å². The number of aliphatic hydroxyl groups excluding tert-OH is 1. The topological polar surface area (TPSA) is 66.4 Å². The van der Waals surface area contributed by atoms with Crippen LogP contribution in [0.1, 0.15) is 113 Å². The van der Waals surface area contributed by atoms with E-state index in [-0.39, 0.29) is 51.4 Å². The standard InChI is InChI=1S/C33H53NO3/c1-20(2)22-11-16-33(27(37)19-34-21(3)35)18-17-31(7)23(28(22)33)9-10-25-30(6)14-13-26(36)29(4,5)24(30)12-15-32(25,31)8/h22-26,28,36H,1,9-19H2,2-8H3,(H,34,35)/t22-,23+,24-,25+,26-,28+,30-,31+,32+,33+/m0/s1. The highest BCUT2D eigenvalue weighted by atomic mass is 16.3. The fourth-order valence-electron chi connectivity index (χ4n) is 12.0. The highest BCUT2D eigenvalue weighted by Crippen LogP contribution is 2.77. The Morgan fingerprint density at radius 1 is 0.838 bits per heavy atom. The maximum atomic E-state index is 13.9. The van der Waals surface area contributed by atoms with Gasteiger partial charge < -0.3 is 10.4 Å². The fourth-order valence-corrected chi connectivity index (χ4v) is 12.0. The molecule has 0 saturated heterocycles. The van der Waals surface area contributed by atoms with Crippen LogP contribution >= 0.6 is 0 Å². The minimum atomic E-state index is -0.308. The van der Waals surface area contributed by atoms with Crippen molar-refractivity contribution in [1.29, 1.82) is 0 Å². The lowest BCUT2D eigenvalue weighted by atomic mass is 9.32. The molecule has 0 aromatic rings. The Labute approximate surface area is 225 Å². The van der Waals surface area contributed by atoms with Gasteiger partial charge in [-0.25, -0.2) is 0 Å². The summed E-state index contributed by atoms with van der Waals surface area (Å²) in [5.74, 6) is 2.66. The van der Waals surface area contributed by atoms with Crippen molar-refractivity contribution >= 4 is 11.7 Å². The summed E-state index contributed by atoms with van der Waals surface area (Å²) >= 11 is 0. The molecule has 10 atom stereocenters. The first kappa shape index (κ1) is 27.4. The zero-order chi connectivity index (χ0) is 27.2. The summed E-state index contributed by atoms with van der Waals surface area (Å²) in [5.41, 5.74) is 1.62. The molecule has 5 rings (SSSR count). The van der Waals surface area contributed by atoms with Crippen molar-refractivity contribution in [2.75, 3.05) is 6.54 Å². The van der Waals surface area contributed by atoms with Crippen molar-refractivity contribution in [3.63, 3.8) is 0 Å². The Kier molecular flexibility index (Phi) is 6.42. The molecule has 0 unspecified atom stereocenters. The van der Waals surface area contributed by atoms with Gasteiger partial charge in [0, 0.05) is 12.3 Å². The molecule has 4 nitrogen and oxygen atoms in total. The number of allylic oxidation sites excluding steroid dienone is 1. The number of amides is 1. The molecule has 37 heavy (non-hydrogen) atoms. The molecular formula is C33H53NO3. The monoisotopic (exact) mass is 511 g/mol. The average Bonchev–Trinajstić information content (AvgIpc) is 3.22. The Balaban J connectivity index is 1.53. The minimum absolute atomic E-state index is 0.0273.